The Balaban J connectivity index is 1.57. The minimum atomic E-state index is -1.92. The van der Waals surface area contributed by atoms with Crippen LogP contribution in [0.3, 0.4) is 0 Å². The summed E-state index contributed by atoms with van der Waals surface area (Å²) in [5.41, 5.74) is 3.24. The van der Waals surface area contributed by atoms with Gasteiger partial charge in [-0.25, -0.2) is 0 Å². The van der Waals surface area contributed by atoms with Gasteiger partial charge in [-0.3, -0.25) is 4.79 Å². The predicted octanol–water partition coefficient (Wildman–Crippen LogP) is 8.07. The number of benzene rings is 3. The Morgan fingerprint density at radius 3 is 2.06 bits per heavy atom. The molecule has 0 spiro atoms. The average Bonchev–Trinajstić information content (AvgIpc) is 2.84. The quantitative estimate of drug-likeness (QED) is 0.143. The molecule has 7 heteroatoms. The van der Waals surface area contributed by atoms with E-state index >= 15 is 0 Å². The fourth-order valence-corrected chi connectivity index (χ4v) is 6.60. The number of carbonyl (C=O) groups excluding carboxylic acids is 1. The van der Waals surface area contributed by atoms with E-state index in [0.717, 1.165) is 32.1 Å². The first kappa shape index (κ1) is 27.1. The van der Waals surface area contributed by atoms with Crippen LogP contribution in [0.2, 0.25) is 18.1 Å². The van der Waals surface area contributed by atoms with Gasteiger partial charge in [0.05, 0.1) is 13.2 Å². The van der Waals surface area contributed by atoms with Crippen molar-refractivity contribution < 1.29 is 14.0 Å². The van der Waals surface area contributed by atoms with Crippen LogP contribution in [0.1, 0.15) is 37.9 Å². The van der Waals surface area contributed by atoms with Gasteiger partial charge in [0.15, 0.2) is 0 Å². The number of hydrogen-bond acceptors (Lipinski definition) is 4. The van der Waals surface area contributed by atoms with Crippen LogP contribution in [0, 0.1) is 3.57 Å². The zero-order chi connectivity index (χ0) is 26.1. The molecule has 1 aliphatic heterocycles. The van der Waals surface area contributed by atoms with Gasteiger partial charge in [0, 0.05) is 15.0 Å². The maximum absolute atomic E-state index is 13.4. The second kappa shape index (κ2) is 10.8. The van der Waals surface area contributed by atoms with Crippen molar-refractivity contribution in [1.29, 1.82) is 0 Å². The zero-order valence-corrected chi connectivity index (χ0v) is 25.7. The summed E-state index contributed by atoms with van der Waals surface area (Å²) < 4.78 is 12.9. The number of rotatable bonds is 8. The number of methoxy groups -OCH3 is 1. The van der Waals surface area contributed by atoms with Crippen molar-refractivity contribution in [2.45, 2.75) is 55.9 Å². The van der Waals surface area contributed by atoms with Crippen molar-refractivity contribution in [2.75, 3.05) is 12.0 Å². The van der Waals surface area contributed by atoms with Crippen molar-refractivity contribution in [3.05, 3.63) is 87.5 Å². The molecule has 190 valence electrons. The molecule has 1 heterocycles. The maximum atomic E-state index is 13.4. The molecule has 3 aromatic carbocycles. The number of β-lactam (4-membered cyclic amide) rings is 1. The minimum absolute atomic E-state index is 0.0252. The van der Waals surface area contributed by atoms with Gasteiger partial charge in [-0.05, 0) is 100 Å². The minimum Gasteiger partial charge on any atom is -0.544 e. The average molecular weight is 632 g/mol. The third-order valence-electron chi connectivity index (χ3n) is 7.14. The van der Waals surface area contributed by atoms with Crippen molar-refractivity contribution in [3.63, 3.8) is 0 Å². The number of hydrogen-bond donors (Lipinski definition) is 0. The molecule has 0 radical (unpaired) electrons. The molecule has 0 aromatic heterocycles. The summed E-state index contributed by atoms with van der Waals surface area (Å²) in [5.74, 6) is 2.66. The van der Waals surface area contributed by atoms with Gasteiger partial charge in [-0.1, -0.05) is 45.0 Å². The Labute approximate surface area is 234 Å². The van der Waals surface area contributed by atoms with E-state index in [0.29, 0.717) is 0 Å². The number of amides is 1. The third kappa shape index (κ3) is 5.78. The van der Waals surface area contributed by atoms with Crippen LogP contribution in [-0.4, -0.2) is 26.6 Å². The van der Waals surface area contributed by atoms with Crippen LogP contribution in [0.4, 0.5) is 5.69 Å². The first-order valence-corrected chi connectivity index (χ1v) is 17.2. The van der Waals surface area contributed by atoms with Crippen molar-refractivity contribution in [2.24, 2.45) is 0 Å². The number of anilines is 1. The van der Waals surface area contributed by atoms with E-state index < -0.39 is 8.32 Å². The molecule has 1 amide bonds. The highest BCUT2D eigenvalue weighted by molar-refractivity contribution is 14.1. The largest absolute Gasteiger partial charge is 0.544 e. The summed E-state index contributed by atoms with van der Waals surface area (Å²) in [6, 6.07) is 24.6. The van der Waals surface area contributed by atoms with Gasteiger partial charge in [0.1, 0.15) is 16.7 Å². The summed E-state index contributed by atoms with van der Waals surface area (Å²) >= 11 is 4.00. The topological polar surface area (TPSA) is 38.8 Å². The van der Waals surface area contributed by atoms with E-state index in [2.05, 4.69) is 92.9 Å². The van der Waals surface area contributed by atoms with Crippen molar-refractivity contribution in [1.82, 2.24) is 0 Å². The zero-order valence-electron chi connectivity index (χ0n) is 21.7. The third-order valence-corrected chi connectivity index (χ3v) is 13.5. The lowest BCUT2D eigenvalue weighted by atomic mass is 9.92. The first-order valence-electron chi connectivity index (χ1n) is 12.1. The summed E-state index contributed by atoms with van der Waals surface area (Å²) in [4.78, 5) is 15.3. The van der Waals surface area contributed by atoms with E-state index in [9.17, 15) is 4.79 Å². The lowest BCUT2D eigenvalue weighted by Crippen LogP contribution is -2.57. The van der Waals surface area contributed by atoms with Crippen molar-refractivity contribution in [3.8, 4) is 11.5 Å². The van der Waals surface area contributed by atoms with Gasteiger partial charge in [0.25, 0.3) is 0 Å². The van der Waals surface area contributed by atoms with Gasteiger partial charge in [-0.15, -0.1) is 11.8 Å². The highest BCUT2D eigenvalue weighted by atomic mass is 127. The van der Waals surface area contributed by atoms with E-state index in [4.69, 9.17) is 9.16 Å². The first-order chi connectivity index (χ1) is 17.0. The molecule has 2 atom stereocenters. The summed E-state index contributed by atoms with van der Waals surface area (Å²) in [7, 11) is -0.246. The molecule has 1 fully saturated rings. The number of halogens is 1. The van der Waals surface area contributed by atoms with Crippen molar-refractivity contribution >= 4 is 54.3 Å². The molecule has 1 aliphatic rings. The molecule has 0 bridgehead atoms. The molecule has 0 aliphatic carbocycles. The molecular weight excluding hydrogens is 597 g/mol. The highest BCUT2D eigenvalue weighted by Gasteiger charge is 2.49. The van der Waals surface area contributed by atoms with Crippen LogP contribution in [0.5, 0.6) is 11.5 Å². The number of ether oxygens (including phenoxy) is 1. The summed E-state index contributed by atoms with van der Waals surface area (Å²) in [6.45, 7) is 11.3. The Hall–Kier alpha value is -1.97. The molecular formula is C29H34INO3SSi. The smallest absolute Gasteiger partial charge is 0.250 e. The SMILES string of the molecule is COc1ccc(CS[C@H]2C(=O)N(c3ccc(I)cc3)[C@@H]2c2ccc(O[Si](C)(C)C(C)(C)C)cc2)cc1. The summed E-state index contributed by atoms with van der Waals surface area (Å²) in [5, 5.41) is -0.00445. The van der Waals surface area contributed by atoms with E-state index in [-0.39, 0.29) is 22.2 Å². The molecule has 3 aromatic rings. The molecule has 36 heavy (non-hydrogen) atoms. The van der Waals surface area contributed by atoms with Crippen LogP contribution in [0.15, 0.2) is 72.8 Å². The van der Waals surface area contributed by atoms with Crippen LogP contribution < -0.4 is 14.1 Å². The molecule has 1 saturated heterocycles. The highest BCUT2D eigenvalue weighted by Crippen LogP contribution is 2.46. The lowest BCUT2D eigenvalue weighted by molar-refractivity contribution is -0.123. The van der Waals surface area contributed by atoms with Crippen LogP contribution in [-0.2, 0) is 10.5 Å². The lowest BCUT2D eigenvalue weighted by Gasteiger charge is -2.47. The molecule has 0 unspecified atom stereocenters. The standard InChI is InChI=1S/C29H34INO3SSi/c1-29(2,3)36(5,6)34-25-17-9-21(10-18-25)26-27(35-19-20-7-15-24(33-4)16-8-20)28(32)31(26)23-13-11-22(30)12-14-23/h7-18,26-27H,19H2,1-6H3/t26-,27-/m1/s1. The Kier molecular flexibility index (Phi) is 8.12. The number of carbonyl (C=O) groups is 1. The molecule has 4 nitrogen and oxygen atoms in total. The Morgan fingerprint density at radius 1 is 0.917 bits per heavy atom. The predicted molar refractivity (Wildman–Crippen MR) is 162 cm³/mol. The van der Waals surface area contributed by atoms with Crippen LogP contribution >= 0.6 is 34.4 Å². The fourth-order valence-electron chi connectivity index (χ4n) is 3.93. The van der Waals surface area contributed by atoms with E-state index in [1.165, 1.54) is 5.56 Å². The van der Waals surface area contributed by atoms with Gasteiger partial charge in [0.2, 0.25) is 14.2 Å². The monoisotopic (exact) mass is 631 g/mol. The van der Waals surface area contributed by atoms with Gasteiger partial charge < -0.3 is 14.1 Å². The Morgan fingerprint density at radius 2 is 1.50 bits per heavy atom. The van der Waals surface area contributed by atoms with Gasteiger partial charge in [-0.2, -0.15) is 0 Å². The van der Waals surface area contributed by atoms with E-state index in [1.807, 2.05) is 41.3 Å². The van der Waals surface area contributed by atoms with Crippen LogP contribution in [0.25, 0.3) is 0 Å². The normalized spacial score (nSPS) is 18.1. The Bertz CT molecular complexity index is 1190. The summed E-state index contributed by atoms with van der Waals surface area (Å²) in [6.07, 6.45) is 0. The number of thioether (sulfide) groups is 1. The molecule has 0 N–H and O–H groups in total. The molecule has 0 saturated carbocycles. The fraction of sp³-hybridized carbons (Fsp3) is 0.345. The second-order valence-electron chi connectivity index (χ2n) is 10.6. The maximum Gasteiger partial charge on any atom is 0.250 e. The van der Waals surface area contributed by atoms with E-state index in [1.54, 1.807) is 18.9 Å². The van der Waals surface area contributed by atoms with Gasteiger partial charge >= 0.3 is 0 Å². The number of nitrogens with zero attached hydrogens (tertiary/aromatic N) is 1. The molecule has 4 rings (SSSR count). The second-order valence-corrected chi connectivity index (χ2v) is 17.7.